The molecule has 0 radical (unpaired) electrons. The fourth-order valence-corrected chi connectivity index (χ4v) is 3.85. The molecule has 2 atom stereocenters. The molecule has 3 N–H and O–H groups in total. The van der Waals surface area contributed by atoms with Crippen LogP contribution in [0.25, 0.3) is 0 Å². The van der Waals surface area contributed by atoms with E-state index in [-0.39, 0.29) is 30.5 Å². The number of hydrogen-bond acceptors (Lipinski definition) is 4. The second-order valence-corrected chi connectivity index (χ2v) is 8.61. The van der Waals surface area contributed by atoms with Crippen LogP contribution in [0.3, 0.4) is 0 Å². The molecule has 158 valence electrons. The van der Waals surface area contributed by atoms with Crippen molar-refractivity contribution in [2.24, 2.45) is 4.99 Å². The van der Waals surface area contributed by atoms with Gasteiger partial charge < -0.3 is 15.4 Å². The minimum Gasteiger partial charge on any atom is -0.377 e. The number of guanidine groups is 1. The Kier molecular flexibility index (Phi) is 8.58. The number of hydrogen-bond donors (Lipinski definition) is 3. The largest absolute Gasteiger partial charge is 0.377 e. The third kappa shape index (κ3) is 7.33. The van der Waals surface area contributed by atoms with Crippen LogP contribution >= 0.6 is 0 Å². The van der Waals surface area contributed by atoms with Gasteiger partial charge in [0.1, 0.15) is 11.6 Å². The van der Waals surface area contributed by atoms with Gasteiger partial charge in [-0.15, -0.1) is 0 Å². The Bertz CT molecular complexity index is 768. The Hall–Kier alpha value is -1.78. The van der Waals surface area contributed by atoms with Crippen molar-refractivity contribution in [3.8, 4) is 0 Å². The van der Waals surface area contributed by atoms with Crippen LogP contribution in [-0.2, 0) is 14.8 Å². The predicted molar refractivity (Wildman–Crippen MR) is 105 cm³/mol. The van der Waals surface area contributed by atoms with Gasteiger partial charge in [0, 0.05) is 38.4 Å². The van der Waals surface area contributed by atoms with Gasteiger partial charge in [-0.2, -0.15) is 0 Å². The smallest absolute Gasteiger partial charge is 0.213 e. The molecule has 2 rings (SSSR count). The number of rotatable bonds is 8. The third-order valence-corrected chi connectivity index (χ3v) is 5.82. The highest BCUT2D eigenvalue weighted by atomic mass is 32.2. The average molecular weight is 419 g/mol. The standard InChI is InChI=1S/C18H28F2N4O3S/c1-13(16-7-6-14(19)11-17(16)20)24-18(21-2)22-8-10-28(25,26)23-12-15-5-3-4-9-27-15/h6-7,11,13,15,23H,3-5,8-10,12H2,1-2H3,(H2,21,22,24). The van der Waals surface area contributed by atoms with E-state index in [9.17, 15) is 17.2 Å². The van der Waals surface area contributed by atoms with Crippen LogP contribution in [0.5, 0.6) is 0 Å². The van der Waals surface area contributed by atoms with Crippen LogP contribution in [0.1, 0.15) is 37.8 Å². The van der Waals surface area contributed by atoms with E-state index in [0.29, 0.717) is 12.6 Å². The third-order valence-electron chi connectivity index (χ3n) is 4.47. The molecule has 7 nitrogen and oxygen atoms in total. The zero-order valence-corrected chi connectivity index (χ0v) is 17.0. The van der Waals surface area contributed by atoms with Crippen molar-refractivity contribution in [3.63, 3.8) is 0 Å². The van der Waals surface area contributed by atoms with E-state index in [1.54, 1.807) is 6.92 Å². The van der Waals surface area contributed by atoms with Crippen molar-refractivity contribution < 1.29 is 21.9 Å². The quantitative estimate of drug-likeness (QED) is 0.441. The summed E-state index contributed by atoms with van der Waals surface area (Å²) < 4.78 is 59.2. The van der Waals surface area contributed by atoms with Gasteiger partial charge in [-0.3, -0.25) is 4.99 Å². The Labute approximate surface area is 165 Å². The number of nitrogens with zero attached hydrogens (tertiary/aromatic N) is 1. The van der Waals surface area contributed by atoms with Crippen molar-refractivity contribution in [2.75, 3.05) is 32.5 Å². The van der Waals surface area contributed by atoms with E-state index in [0.717, 1.165) is 25.3 Å². The highest BCUT2D eigenvalue weighted by molar-refractivity contribution is 7.89. The maximum Gasteiger partial charge on any atom is 0.213 e. The van der Waals surface area contributed by atoms with Gasteiger partial charge in [-0.25, -0.2) is 21.9 Å². The Morgan fingerprint density at radius 1 is 1.36 bits per heavy atom. The normalized spacial score (nSPS) is 19.3. The SMILES string of the molecule is CN=C(NCCS(=O)(=O)NCC1CCCCO1)NC(C)c1ccc(F)cc1F. The van der Waals surface area contributed by atoms with Crippen molar-refractivity contribution in [1.82, 2.24) is 15.4 Å². The Morgan fingerprint density at radius 2 is 2.14 bits per heavy atom. The number of aliphatic imine (C=N–C) groups is 1. The van der Waals surface area contributed by atoms with E-state index in [4.69, 9.17) is 4.74 Å². The number of sulfonamides is 1. The molecule has 1 saturated heterocycles. The number of halogens is 2. The van der Waals surface area contributed by atoms with E-state index in [1.165, 1.54) is 19.2 Å². The zero-order chi connectivity index (χ0) is 20.6. The lowest BCUT2D eigenvalue weighted by molar-refractivity contribution is 0.0200. The summed E-state index contributed by atoms with van der Waals surface area (Å²) in [5, 5.41) is 5.84. The molecule has 1 fully saturated rings. The monoisotopic (exact) mass is 418 g/mol. The molecule has 28 heavy (non-hydrogen) atoms. The van der Waals surface area contributed by atoms with Crippen LogP contribution in [-0.4, -0.2) is 53.0 Å². The van der Waals surface area contributed by atoms with Crippen LogP contribution < -0.4 is 15.4 Å². The molecular formula is C18H28F2N4O3S. The van der Waals surface area contributed by atoms with Gasteiger partial charge >= 0.3 is 0 Å². The average Bonchev–Trinajstić information content (AvgIpc) is 2.66. The molecule has 0 saturated carbocycles. The molecular weight excluding hydrogens is 390 g/mol. The molecule has 0 amide bonds. The van der Waals surface area contributed by atoms with Crippen LogP contribution in [0.4, 0.5) is 8.78 Å². The van der Waals surface area contributed by atoms with Gasteiger partial charge in [0.05, 0.1) is 17.9 Å². The Balaban J connectivity index is 1.77. The number of ether oxygens (including phenoxy) is 1. The van der Waals surface area contributed by atoms with Crippen LogP contribution in [0, 0.1) is 11.6 Å². The lowest BCUT2D eigenvalue weighted by Gasteiger charge is -2.22. The fraction of sp³-hybridized carbons (Fsp3) is 0.611. The molecule has 1 aliphatic rings. The summed E-state index contributed by atoms with van der Waals surface area (Å²) in [5.41, 5.74) is 0.283. The maximum absolute atomic E-state index is 13.9. The second kappa shape index (κ2) is 10.7. The van der Waals surface area contributed by atoms with Gasteiger partial charge in [0.15, 0.2) is 5.96 Å². The molecule has 0 spiro atoms. The van der Waals surface area contributed by atoms with Gasteiger partial charge in [0.2, 0.25) is 10.0 Å². The Morgan fingerprint density at radius 3 is 2.79 bits per heavy atom. The summed E-state index contributed by atoms with van der Waals surface area (Å²) in [6.45, 7) is 2.77. The summed E-state index contributed by atoms with van der Waals surface area (Å²) in [6, 6.07) is 2.88. The summed E-state index contributed by atoms with van der Waals surface area (Å²) in [5.74, 6) is -1.12. The van der Waals surface area contributed by atoms with E-state index in [2.05, 4.69) is 20.3 Å². The lowest BCUT2D eigenvalue weighted by atomic mass is 10.1. The van der Waals surface area contributed by atoms with Gasteiger partial charge in [-0.1, -0.05) is 6.07 Å². The highest BCUT2D eigenvalue weighted by Gasteiger charge is 2.18. The van der Waals surface area contributed by atoms with Crippen LogP contribution in [0.15, 0.2) is 23.2 Å². The fourth-order valence-electron chi connectivity index (χ4n) is 2.89. The lowest BCUT2D eigenvalue weighted by Crippen LogP contribution is -2.43. The van der Waals surface area contributed by atoms with Crippen molar-refractivity contribution >= 4 is 16.0 Å². The van der Waals surface area contributed by atoms with Gasteiger partial charge in [0.25, 0.3) is 0 Å². The summed E-state index contributed by atoms with van der Waals surface area (Å²) in [7, 11) is -1.93. The highest BCUT2D eigenvalue weighted by Crippen LogP contribution is 2.17. The molecule has 10 heteroatoms. The first-order chi connectivity index (χ1) is 13.3. The molecule has 2 unspecified atom stereocenters. The maximum atomic E-state index is 13.9. The molecule has 0 aromatic heterocycles. The molecule has 0 bridgehead atoms. The van der Waals surface area contributed by atoms with Crippen molar-refractivity contribution in [3.05, 3.63) is 35.4 Å². The minimum absolute atomic E-state index is 0.0719. The summed E-state index contributed by atoms with van der Waals surface area (Å²) in [6.07, 6.45) is 2.84. The first kappa shape index (κ1) is 22.5. The molecule has 0 aliphatic carbocycles. The van der Waals surface area contributed by atoms with Crippen molar-refractivity contribution in [2.45, 2.75) is 38.3 Å². The van der Waals surface area contributed by atoms with Crippen LogP contribution in [0.2, 0.25) is 0 Å². The zero-order valence-electron chi connectivity index (χ0n) is 16.2. The molecule has 1 aromatic rings. The second-order valence-electron chi connectivity index (χ2n) is 6.69. The summed E-state index contributed by atoms with van der Waals surface area (Å²) in [4.78, 5) is 4.00. The molecule has 1 heterocycles. The predicted octanol–water partition coefficient (Wildman–Crippen LogP) is 1.68. The number of benzene rings is 1. The van der Waals surface area contributed by atoms with E-state index >= 15 is 0 Å². The first-order valence-electron chi connectivity index (χ1n) is 9.32. The topological polar surface area (TPSA) is 91.8 Å². The molecule has 1 aliphatic heterocycles. The minimum atomic E-state index is -3.45. The van der Waals surface area contributed by atoms with Gasteiger partial charge in [-0.05, 0) is 32.3 Å². The van der Waals surface area contributed by atoms with E-state index in [1.807, 2.05) is 0 Å². The molecule has 1 aromatic carbocycles. The van der Waals surface area contributed by atoms with E-state index < -0.39 is 27.7 Å². The van der Waals surface area contributed by atoms with Crippen molar-refractivity contribution in [1.29, 1.82) is 0 Å². The summed E-state index contributed by atoms with van der Waals surface area (Å²) >= 11 is 0. The number of nitrogens with one attached hydrogen (secondary N) is 3. The first-order valence-corrected chi connectivity index (χ1v) is 11.0.